The molecule has 0 radical (unpaired) electrons. The van der Waals surface area contributed by atoms with Crippen molar-refractivity contribution >= 4 is 26.5 Å². The Bertz CT molecular complexity index is 750. The third kappa shape index (κ3) is 8.15. The van der Waals surface area contributed by atoms with Gasteiger partial charge in [0.2, 0.25) is 0 Å². The molecule has 9 nitrogen and oxygen atoms in total. The molecule has 0 aromatic rings. The van der Waals surface area contributed by atoms with Crippen molar-refractivity contribution in [3.8, 4) is 0 Å². The third-order valence-electron chi connectivity index (χ3n) is 6.25. The van der Waals surface area contributed by atoms with Crippen molar-refractivity contribution in [2.45, 2.75) is 116 Å². The van der Waals surface area contributed by atoms with Crippen LogP contribution >= 0.6 is 0 Å². The number of carbonyl (C=O) groups is 3. The number of carbonyl (C=O) groups excluding carboxylic acids is 3. The summed E-state index contributed by atoms with van der Waals surface area (Å²) in [6.45, 7) is 21.6. The molecule has 0 aliphatic heterocycles. The maximum atomic E-state index is 13.2. The second-order valence-corrected chi connectivity index (χ2v) is 17.4. The summed E-state index contributed by atoms with van der Waals surface area (Å²) < 4.78 is 22.4. The van der Waals surface area contributed by atoms with Gasteiger partial charge in [-0.1, -0.05) is 20.8 Å². The Morgan fingerprint density at radius 2 is 1.50 bits per heavy atom. The minimum absolute atomic E-state index is 0.00130. The van der Waals surface area contributed by atoms with Crippen LogP contribution in [0.5, 0.6) is 0 Å². The average Bonchev–Trinajstić information content (AvgIpc) is 3.05. The topological polar surface area (TPSA) is 103 Å². The molecule has 0 aromatic carbocycles. The van der Waals surface area contributed by atoms with Gasteiger partial charge < -0.3 is 18.6 Å². The van der Waals surface area contributed by atoms with Crippen LogP contribution in [0, 0.1) is 5.92 Å². The Balaban J connectivity index is 3.26. The number of nitrogens with one attached hydrogen (secondary N) is 1. The third-order valence-corrected chi connectivity index (χ3v) is 10.8. The minimum Gasteiger partial charge on any atom is -0.467 e. The maximum Gasteiger partial charge on any atom is 0.430 e. The van der Waals surface area contributed by atoms with Gasteiger partial charge in [0.05, 0.1) is 7.11 Å². The predicted octanol–water partition coefficient (Wildman–Crippen LogP) is 5.40. The minimum atomic E-state index is -2.00. The highest BCUT2D eigenvalue weighted by molar-refractivity contribution is 6.74. The van der Waals surface area contributed by atoms with E-state index in [4.69, 9.17) is 18.6 Å². The van der Waals surface area contributed by atoms with Gasteiger partial charge in [-0.15, -0.1) is 0 Å². The zero-order valence-corrected chi connectivity index (χ0v) is 24.2. The van der Waals surface area contributed by atoms with Crippen LogP contribution < -0.4 is 5.43 Å². The van der Waals surface area contributed by atoms with E-state index < -0.39 is 43.2 Å². The molecule has 0 bridgehead atoms. The lowest BCUT2D eigenvalue weighted by molar-refractivity contribution is -0.157. The van der Waals surface area contributed by atoms with Gasteiger partial charge in [0.25, 0.3) is 0 Å². The van der Waals surface area contributed by atoms with E-state index in [1.165, 1.54) is 7.11 Å². The zero-order chi connectivity index (χ0) is 26.8. The standard InChI is InChI=1S/C24H46N2O7Si/c1-21(2,3)32-19(28)25-26(20(29)33-22(4,5)6)24(18(27)30-10)14-13-17(15-24)16-31-34(11,12)23(7,8)9/h17H,13-16H2,1-12H3,(H,25,28). The highest BCUT2D eigenvalue weighted by Gasteiger charge is 2.55. The fraction of sp³-hybridized carbons (Fsp3) is 0.875. The molecule has 0 spiro atoms. The lowest BCUT2D eigenvalue weighted by atomic mass is 9.95. The lowest BCUT2D eigenvalue weighted by Gasteiger charge is -2.39. The Kier molecular flexibility index (Phi) is 9.27. The number of rotatable bonds is 5. The number of nitrogens with zero attached hydrogens (tertiary/aromatic N) is 1. The molecule has 10 heteroatoms. The van der Waals surface area contributed by atoms with Crippen molar-refractivity contribution in [2.24, 2.45) is 5.92 Å². The summed E-state index contributed by atoms with van der Waals surface area (Å²) in [6, 6.07) is 0. The summed E-state index contributed by atoms with van der Waals surface area (Å²) in [5.41, 5.74) is -0.595. The normalized spacial score (nSPS) is 21.6. The number of amides is 2. The molecule has 1 N–H and O–H groups in total. The van der Waals surface area contributed by atoms with Crippen LogP contribution in [0.1, 0.15) is 81.6 Å². The van der Waals surface area contributed by atoms with Gasteiger partial charge in [0.1, 0.15) is 11.2 Å². The number of methoxy groups -OCH3 is 1. The summed E-state index contributed by atoms with van der Waals surface area (Å²) in [5, 5.41) is 1.01. The quantitative estimate of drug-likeness (QED) is 0.232. The Morgan fingerprint density at radius 3 is 1.94 bits per heavy atom. The van der Waals surface area contributed by atoms with Crippen LogP contribution in [-0.4, -0.2) is 61.9 Å². The second-order valence-electron chi connectivity index (χ2n) is 12.6. The molecule has 1 aliphatic rings. The van der Waals surface area contributed by atoms with E-state index in [9.17, 15) is 14.4 Å². The van der Waals surface area contributed by atoms with Crippen LogP contribution in [0.25, 0.3) is 0 Å². The molecule has 1 fully saturated rings. The van der Waals surface area contributed by atoms with Gasteiger partial charge >= 0.3 is 18.2 Å². The number of hydrogen-bond acceptors (Lipinski definition) is 7. The SMILES string of the molecule is COC(=O)C1(N(NC(=O)OC(C)(C)C)C(=O)OC(C)(C)C)CCC(CO[Si](C)(C)C(C)(C)C)C1. The van der Waals surface area contributed by atoms with E-state index in [0.717, 1.165) is 5.01 Å². The first-order valence-corrected chi connectivity index (χ1v) is 14.8. The van der Waals surface area contributed by atoms with Crippen molar-refractivity contribution < 1.29 is 33.0 Å². The summed E-state index contributed by atoms with van der Waals surface area (Å²) in [4.78, 5) is 39.0. The van der Waals surface area contributed by atoms with Gasteiger partial charge in [-0.2, -0.15) is 5.01 Å². The molecule has 198 valence electrons. The van der Waals surface area contributed by atoms with Crippen LogP contribution in [-0.2, 0) is 23.4 Å². The van der Waals surface area contributed by atoms with E-state index >= 15 is 0 Å². The fourth-order valence-corrected chi connectivity index (χ4v) is 4.59. The zero-order valence-electron chi connectivity index (χ0n) is 23.2. The summed E-state index contributed by atoms with van der Waals surface area (Å²) in [6.07, 6.45) is -0.528. The van der Waals surface area contributed by atoms with E-state index in [1.54, 1.807) is 41.5 Å². The molecule has 0 saturated heterocycles. The Labute approximate surface area is 206 Å². The van der Waals surface area contributed by atoms with Gasteiger partial charge in [0, 0.05) is 6.61 Å². The second kappa shape index (κ2) is 10.4. The lowest BCUT2D eigenvalue weighted by Crippen LogP contribution is -2.64. The number of ether oxygens (including phenoxy) is 3. The summed E-state index contributed by atoms with van der Waals surface area (Å²) in [5.74, 6) is -0.622. The van der Waals surface area contributed by atoms with E-state index in [2.05, 4.69) is 39.3 Å². The molecular formula is C24H46N2O7Si. The predicted molar refractivity (Wildman–Crippen MR) is 133 cm³/mol. The average molecular weight is 503 g/mol. The molecule has 0 heterocycles. The molecule has 34 heavy (non-hydrogen) atoms. The molecular weight excluding hydrogens is 456 g/mol. The van der Waals surface area contributed by atoms with Gasteiger partial charge in [-0.3, -0.25) is 0 Å². The molecule has 1 rings (SSSR count). The van der Waals surface area contributed by atoms with E-state index in [0.29, 0.717) is 19.4 Å². The Morgan fingerprint density at radius 1 is 0.971 bits per heavy atom. The number of hydrazine groups is 1. The molecule has 2 atom stereocenters. The fourth-order valence-electron chi connectivity index (χ4n) is 3.51. The molecule has 2 unspecified atom stereocenters. The molecule has 0 aromatic heterocycles. The van der Waals surface area contributed by atoms with E-state index in [1.807, 2.05) is 0 Å². The smallest absolute Gasteiger partial charge is 0.430 e. The van der Waals surface area contributed by atoms with Crippen LogP contribution in [0.2, 0.25) is 18.1 Å². The van der Waals surface area contributed by atoms with Crippen LogP contribution in [0.4, 0.5) is 9.59 Å². The van der Waals surface area contributed by atoms with Crippen molar-refractivity contribution in [3.05, 3.63) is 0 Å². The van der Waals surface area contributed by atoms with Crippen molar-refractivity contribution in [1.29, 1.82) is 0 Å². The molecule has 2 amide bonds. The largest absolute Gasteiger partial charge is 0.467 e. The first-order chi connectivity index (χ1) is 15.1. The van der Waals surface area contributed by atoms with E-state index in [-0.39, 0.29) is 17.4 Å². The van der Waals surface area contributed by atoms with Crippen molar-refractivity contribution in [1.82, 2.24) is 10.4 Å². The maximum absolute atomic E-state index is 13.2. The van der Waals surface area contributed by atoms with Gasteiger partial charge in [-0.05, 0) is 84.9 Å². The summed E-state index contributed by atoms with van der Waals surface area (Å²) >= 11 is 0. The number of hydrogen-bond donors (Lipinski definition) is 1. The number of esters is 1. The summed E-state index contributed by atoms with van der Waals surface area (Å²) in [7, 11) is -0.731. The van der Waals surface area contributed by atoms with Crippen LogP contribution in [0.15, 0.2) is 0 Å². The van der Waals surface area contributed by atoms with Crippen LogP contribution in [0.3, 0.4) is 0 Å². The first-order valence-electron chi connectivity index (χ1n) is 11.9. The van der Waals surface area contributed by atoms with Crippen molar-refractivity contribution in [2.75, 3.05) is 13.7 Å². The highest BCUT2D eigenvalue weighted by atomic mass is 28.4. The van der Waals surface area contributed by atoms with Crippen molar-refractivity contribution in [3.63, 3.8) is 0 Å². The molecule has 1 aliphatic carbocycles. The van der Waals surface area contributed by atoms with Gasteiger partial charge in [0.15, 0.2) is 13.9 Å². The van der Waals surface area contributed by atoms with Gasteiger partial charge in [-0.25, -0.2) is 19.8 Å². The highest BCUT2D eigenvalue weighted by Crippen LogP contribution is 2.42. The monoisotopic (exact) mass is 502 g/mol. The molecule has 1 saturated carbocycles. The Hall–Kier alpha value is -1.81. The first kappa shape index (κ1) is 30.2.